The van der Waals surface area contributed by atoms with E-state index in [0.717, 1.165) is 32.1 Å². The van der Waals surface area contributed by atoms with Crippen LogP contribution in [0.5, 0.6) is 0 Å². The van der Waals surface area contributed by atoms with Gasteiger partial charge in [-0.3, -0.25) is 4.79 Å². The lowest BCUT2D eigenvalue weighted by Crippen LogP contribution is -2.55. The van der Waals surface area contributed by atoms with E-state index < -0.39 is 5.54 Å². The lowest BCUT2D eigenvalue weighted by atomic mass is 9.72. The molecule has 0 aromatic heterocycles. The summed E-state index contributed by atoms with van der Waals surface area (Å²) < 4.78 is 4.98. The number of carbonyl (C=O) groups excluding carboxylic acids is 1. The van der Waals surface area contributed by atoms with Crippen molar-refractivity contribution in [1.82, 2.24) is 5.32 Å². The molecule has 1 rings (SSSR count). The molecule has 0 aliphatic heterocycles. The number of esters is 1. The van der Waals surface area contributed by atoms with Crippen molar-refractivity contribution in [3.05, 3.63) is 10.4 Å². The largest absolute Gasteiger partial charge is 0.468 e. The molecule has 1 fully saturated rings. The number of azide groups is 1. The van der Waals surface area contributed by atoms with Crippen LogP contribution in [0.1, 0.15) is 46.0 Å². The summed E-state index contributed by atoms with van der Waals surface area (Å²) in [5.74, 6) is 1.19. The number of ether oxygens (including phenoxy) is 1. The maximum Gasteiger partial charge on any atom is 0.326 e. The zero-order valence-electron chi connectivity index (χ0n) is 12.8. The monoisotopic (exact) mass is 282 g/mol. The molecular formula is C14H26N4O2. The normalized spacial score (nSPS) is 26.1. The zero-order valence-corrected chi connectivity index (χ0v) is 12.8. The molecule has 0 amide bonds. The van der Waals surface area contributed by atoms with Crippen molar-refractivity contribution >= 4 is 5.97 Å². The average Bonchev–Trinajstić information content (AvgIpc) is 2.46. The van der Waals surface area contributed by atoms with Gasteiger partial charge in [-0.05, 0) is 56.0 Å². The highest BCUT2D eigenvalue weighted by Gasteiger charge is 2.42. The third kappa shape index (κ3) is 4.39. The van der Waals surface area contributed by atoms with Gasteiger partial charge in [0, 0.05) is 11.5 Å². The Morgan fingerprint density at radius 1 is 1.50 bits per heavy atom. The molecule has 0 heterocycles. The van der Waals surface area contributed by atoms with Gasteiger partial charge in [0.2, 0.25) is 0 Å². The molecular weight excluding hydrogens is 256 g/mol. The molecule has 1 aliphatic carbocycles. The third-order valence-corrected chi connectivity index (χ3v) is 4.36. The van der Waals surface area contributed by atoms with E-state index in [4.69, 9.17) is 10.3 Å². The van der Waals surface area contributed by atoms with Crippen LogP contribution in [0.2, 0.25) is 0 Å². The van der Waals surface area contributed by atoms with Crippen LogP contribution >= 0.6 is 0 Å². The highest BCUT2D eigenvalue weighted by molar-refractivity contribution is 5.80. The van der Waals surface area contributed by atoms with E-state index in [-0.39, 0.29) is 5.97 Å². The minimum Gasteiger partial charge on any atom is -0.468 e. The average molecular weight is 282 g/mol. The molecule has 1 saturated carbocycles. The number of nitrogens with zero attached hydrogens (tertiary/aromatic N) is 3. The predicted molar refractivity (Wildman–Crippen MR) is 78.2 cm³/mol. The Labute approximate surface area is 120 Å². The lowest BCUT2D eigenvalue weighted by Gasteiger charge is -2.39. The molecule has 0 atom stereocenters. The van der Waals surface area contributed by atoms with Crippen molar-refractivity contribution in [3.63, 3.8) is 0 Å². The first-order valence-corrected chi connectivity index (χ1v) is 7.40. The summed E-state index contributed by atoms with van der Waals surface area (Å²) in [5, 5.41) is 6.85. The number of rotatable bonds is 7. The first kappa shape index (κ1) is 16.8. The second-order valence-corrected chi connectivity index (χ2v) is 5.89. The SMILES string of the molecule is COC(=O)C1(NCCCN=[N+]=[N-])CCC(C(C)C)CC1. The molecule has 6 nitrogen and oxygen atoms in total. The molecule has 114 valence electrons. The van der Waals surface area contributed by atoms with E-state index in [1.54, 1.807) is 0 Å². The van der Waals surface area contributed by atoms with E-state index in [0.29, 0.717) is 24.9 Å². The summed E-state index contributed by atoms with van der Waals surface area (Å²) in [6, 6.07) is 0. The highest BCUT2D eigenvalue weighted by atomic mass is 16.5. The van der Waals surface area contributed by atoms with Crippen LogP contribution in [-0.4, -0.2) is 31.7 Å². The molecule has 20 heavy (non-hydrogen) atoms. The summed E-state index contributed by atoms with van der Waals surface area (Å²) in [6.07, 6.45) is 4.48. The fraction of sp³-hybridized carbons (Fsp3) is 0.929. The van der Waals surface area contributed by atoms with E-state index in [1.807, 2.05) is 0 Å². The van der Waals surface area contributed by atoms with Crippen LogP contribution in [0.25, 0.3) is 10.4 Å². The Morgan fingerprint density at radius 3 is 2.65 bits per heavy atom. The number of hydrogen-bond donors (Lipinski definition) is 1. The van der Waals surface area contributed by atoms with Gasteiger partial charge in [0.1, 0.15) is 5.54 Å². The molecule has 0 radical (unpaired) electrons. The minimum atomic E-state index is -0.545. The zero-order chi connectivity index (χ0) is 15.0. The van der Waals surface area contributed by atoms with Gasteiger partial charge in [0.15, 0.2) is 0 Å². The molecule has 0 aromatic rings. The van der Waals surface area contributed by atoms with E-state index in [2.05, 4.69) is 29.2 Å². The van der Waals surface area contributed by atoms with Gasteiger partial charge in [-0.15, -0.1) is 0 Å². The number of hydrogen-bond acceptors (Lipinski definition) is 4. The summed E-state index contributed by atoms with van der Waals surface area (Å²) in [7, 11) is 1.44. The molecule has 0 spiro atoms. The molecule has 0 saturated heterocycles. The van der Waals surface area contributed by atoms with Crippen molar-refractivity contribution < 1.29 is 9.53 Å². The summed E-state index contributed by atoms with van der Waals surface area (Å²) in [5.41, 5.74) is 7.69. The topological polar surface area (TPSA) is 87.1 Å². The smallest absolute Gasteiger partial charge is 0.326 e. The Kier molecular flexibility index (Phi) is 6.82. The number of carbonyl (C=O) groups is 1. The first-order chi connectivity index (χ1) is 9.55. The predicted octanol–water partition coefficient (Wildman–Crippen LogP) is 3.03. The van der Waals surface area contributed by atoms with E-state index in [9.17, 15) is 4.79 Å². The van der Waals surface area contributed by atoms with Crippen LogP contribution in [-0.2, 0) is 9.53 Å². The summed E-state index contributed by atoms with van der Waals surface area (Å²) in [6.45, 7) is 5.60. The summed E-state index contributed by atoms with van der Waals surface area (Å²) in [4.78, 5) is 14.8. The van der Waals surface area contributed by atoms with Gasteiger partial charge >= 0.3 is 5.97 Å². The van der Waals surface area contributed by atoms with E-state index >= 15 is 0 Å². The van der Waals surface area contributed by atoms with Gasteiger partial charge in [0.05, 0.1) is 7.11 Å². The lowest BCUT2D eigenvalue weighted by molar-refractivity contribution is -0.150. The number of methoxy groups -OCH3 is 1. The van der Waals surface area contributed by atoms with Crippen LogP contribution in [0.4, 0.5) is 0 Å². The molecule has 0 bridgehead atoms. The Bertz CT molecular complexity index is 356. The second-order valence-electron chi connectivity index (χ2n) is 5.89. The molecule has 0 aromatic carbocycles. The molecule has 0 unspecified atom stereocenters. The van der Waals surface area contributed by atoms with Crippen LogP contribution in [0, 0.1) is 11.8 Å². The van der Waals surface area contributed by atoms with Crippen molar-refractivity contribution in [3.8, 4) is 0 Å². The van der Waals surface area contributed by atoms with Crippen LogP contribution in [0.3, 0.4) is 0 Å². The molecule has 1 aliphatic rings. The fourth-order valence-corrected chi connectivity index (χ4v) is 2.97. The molecule has 6 heteroatoms. The fourth-order valence-electron chi connectivity index (χ4n) is 2.97. The molecule has 1 N–H and O–H groups in total. The van der Waals surface area contributed by atoms with Crippen molar-refractivity contribution in [2.24, 2.45) is 17.0 Å². The quantitative estimate of drug-likeness (QED) is 0.256. The number of nitrogens with one attached hydrogen (secondary N) is 1. The van der Waals surface area contributed by atoms with Crippen molar-refractivity contribution in [2.45, 2.75) is 51.5 Å². The maximum absolute atomic E-state index is 12.1. The maximum atomic E-state index is 12.1. The standard InChI is InChI=1S/C14H26N4O2/c1-11(2)12-5-7-14(8-6-12,13(19)20-3)16-9-4-10-17-18-15/h11-12,16H,4-10H2,1-3H3. The third-order valence-electron chi connectivity index (χ3n) is 4.36. The Morgan fingerprint density at radius 2 is 2.15 bits per heavy atom. The minimum absolute atomic E-state index is 0.163. The van der Waals surface area contributed by atoms with Gasteiger partial charge < -0.3 is 10.1 Å². The highest BCUT2D eigenvalue weighted by Crippen LogP contribution is 2.36. The summed E-state index contributed by atoms with van der Waals surface area (Å²) >= 11 is 0. The van der Waals surface area contributed by atoms with Gasteiger partial charge in [-0.25, -0.2) is 0 Å². The van der Waals surface area contributed by atoms with Gasteiger partial charge in [-0.2, -0.15) is 0 Å². The van der Waals surface area contributed by atoms with Gasteiger partial charge in [-0.1, -0.05) is 19.0 Å². The van der Waals surface area contributed by atoms with E-state index in [1.165, 1.54) is 7.11 Å². The van der Waals surface area contributed by atoms with Crippen molar-refractivity contribution in [1.29, 1.82) is 0 Å². The second kappa shape index (κ2) is 8.12. The van der Waals surface area contributed by atoms with Crippen molar-refractivity contribution in [2.75, 3.05) is 20.2 Å². The Balaban J connectivity index is 2.56. The van der Waals surface area contributed by atoms with Gasteiger partial charge in [0.25, 0.3) is 0 Å². The van der Waals surface area contributed by atoms with Crippen LogP contribution in [0.15, 0.2) is 5.11 Å². The Hall–Kier alpha value is -1.26. The van der Waals surface area contributed by atoms with Crippen LogP contribution < -0.4 is 5.32 Å². The first-order valence-electron chi connectivity index (χ1n) is 7.40.